The van der Waals surface area contributed by atoms with Crippen molar-refractivity contribution < 1.29 is 27.5 Å². The van der Waals surface area contributed by atoms with Gasteiger partial charge in [-0.2, -0.15) is 0 Å². The van der Waals surface area contributed by atoms with Crippen LogP contribution in [-0.2, 0) is 24.4 Å². The van der Waals surface area contributed by atoms with E-state index in [9.17, 15) is 22.8 Å². The lowest BCUT2D eigenvalue weighted by molar-refractivity contribution is -0.133. The van der Waals surface area contributed by atoms with Gasteiger partial charge in [0.1, 0.15) is 11.8 Å². The number of piperidine rings is 2. The summed E-state index contributed by atoms with van der Waals surface area (Å²) in [5.41, 5.74) is 8.07. The first kappa shape index (κ1) is 28.3. The minimum absolute atomic E-state index is 0.0641. The van der Waals surface area contributed by atoms with Crippen molar-refractivity contribution in [3.8, 4) is 5.75 Å². The third-order valence-corrected chi connectivity index (χ3v) is 9.40. The highest BCUT2D eigenvalue weighted by Crippen LogP contribution is 2.35. The van der Waals surface area contributed by atoms with Gasteiger partial charge in [-0.3, -0.25) is 24.6 Å². The van der Waals surface area contributed by atoms with Crippen LogP contribution in [0.15, 0.2) is 12.1 Å². The van der Waals surface area contributed by atoms with E-state index in [2.05, 4.69) is 10.6 Å². The average Bonchev–Trinajstić information content (AvgIpc) is 2.86. The summed E-state index contributed by atoms with van der Waals surface area (Å²) in [7, 11) is -1.79. The number of ether oxygens (including phenoxy) is 1. The molecule has 0 radical (unpaired) electrons. The number of amides is 3. The lowest BCUT2D eigenvalue weighted by Gasteiger charge is -2.35. The number of piperazine rings is 1. The van der Waals surface area contributed by atoms with Gasteiger partial charge in [-0.1, -0.05) is 0 Å². The van der Waals surface area contributed by atoms with Gasteiger partial charge in [0.15, 0.2) is 0 Å². The number of aryl methyl sites for hydroxylation is 1. The Kier molecular flexibility index (Phi) is 8.91. The summed E-state index contributed by atoms with van der Waals surface area (Å²) in [6.45, 7) is 4.68. The van der Waals surface area contributed by atoms with Crippen LogP contribution in [0.1, 0.15) is 37.7 Å². The molecule has 210 valence electrons. The van der Waals surface area contributed by atoms with Crippen molar-refractivity contribution >= 4 is 39.1 Å². The highest BCUT2D eigenvalue weighted by molar-refractivity contribution is 7.89. The van der Waals surface area contributed by atoms with Crippen molar-refractivity contribution in [3.63, 3.8) is 0 Å². The van der Waals surface area contributed by atoms with Gasteiger partial charge in [0.25, 0.3) is 0 Å². The number of nitrogens with zero attached hydrogens (tertiary/aromatic N) is 3. The van der Waals surface area contributed by atoms with Gasteiger partial charge in [0.05, 0.1) is 30.8 Å². The van der Waals surface area contributed by atoms with Crippen molar-refractivity contribution in [1.82, 2.24) is 14.5 Å². The fourth-order valence-electron chi connectivity index (χ4n) is 5.19. The fraction of sp³-hybridized carbons (Fsp3) is 0.640. The fourth-order valence-corrected chi connectivity index (χ4v) is 6.71. The van der Waals surface area contributed by atoms with Gasteiger partial charge in [-0.25, -0.2) is 12.7 Å². The molecule has 3 aliphatic heterocycles. The van der Waals surface area contributed by atoms with E-state index in [-0.39, 0.29) is 42.5 Å². The number of methoxy groups -OCH3 is 1. The quantitative estimate of drug-likeness (QED) is 0.361. The molecule has 0 aromatic heterocycles. The second-order valence-corrected chi connectivity index (χ2v) is 12.3. The van der Waals surface area contributed by atoms with Gasteiger partial charge in [-0.15, -0.1) is 0 Å². The molecule has 4 N–H and O–H groups in total. The van der Waals surface area contributed by atoms with E-state index in [0.717, 1.165) is 11.3 Å². The Balaban J connectivity index is 1.33. The Morgan fingerprint density at radius 1 is 1.11 bits per heavy atom. The number of hydrogen-bond donors (Lipinski definition) is 3. The first-order chi connectivity index (χ1) is 18.1. The van der Waals surface area contributed by atoms with Gasteiger partial charge < -0.3 is 20.7 Å². The molecule has 0 bridgehead atoms. The summed E-state index contributed by atoms with van der Waals surface area (Å²) in [6, 6.07) is 3.16. The second-order valence-electron chi connectivity index (χ2n) is 10.2. The van der Waals surface area contributed by atoms with Crippen molar-refractivity contribution in [2.24, 2.45) is 5.73 Å². The molecule has 3 aliphatic rings. The van der Waals surface area contributed by atoms with E-state index in [1.165, 1.54) is 11.4 Å². The molecule has 1 atom stereocenters. The van der Waals surface area contributed by atoms with Crippen LogP contribution in [0.3, 0.4) is 0 Å². The molecule has 1 unspecified atom stereocenters. The molecule has 1 aromatic carbocycles. The number of benzene rings is 1. The topological polar surface area (TPSA) is 154 Å². The van der Waals surface area contributed by atoms with Gasteiger partial charge >= 0.3 is 0 Å². The summed E-state index contributed by atoms with van der Waals surface area (Å²) in [5, 5.41) is 5.50. The molecule has 38 heavy (non-hydrogen) atoms. The molecule has 1 aromatic rings. The van der Waals surface area contributed by atoms with Crippen LogP contribution in [0.25, 0.3) is 0 Å². The van der Waals surface area contributed by atoms with Crippen LogP contribution in [0.4, 0.5) is 11.4 Å². The molecule has 13 heteroatoms. The number of nitrogens with one attached hydrogen (secondary N) is 2. The summed E-state index contributed by atoms with van der Waals surface area (Å²) < 4.78 is 32.4. The average molecular weight is 551 g/mol. The predicted octanol–water partition coefficient (Wildman–Crippen LogP) is 0.0123. The Bertz CT molecular complexity index is 1170. The van der Waals surface area contributed by atoms with Crippen molar-refractivity contribution in [3.05, 3.63) is 17.7 Å². The maximum absolute atomic E-state index is 13.1. The summed E-state index contributed by atoms with van der Waals surface area (Å²) >= 11 is 0. The highest BCUT2D eigenvalue weighted by Gasteiger charge is 2.30. The molecular formula is C25H38N6O6S. The van der Waals surface area contributed by atoms with E-state index in [1.807, 2.05) is 17.9 Å². The summed E-state index contributed by atoms with van der Waals surface area (Å²) in [5.74, 6) is -0.161. The Hall–Kier alpha value is -2.74. The van der Waals surface area contributed by atoms with Gasteiger partial charge in [0, 0.05) is 44.7 Å². The van der Waals surface area contributed by atoms with Crippen LogP contribution < -0.4 is 26.0 Å². The zero-order valence-corrected chi connectivity index (χ0v) is 22.9. The number of carbonyl (C=O) groups excluding carboxylic acids is 3. The van der Waals surface area contributed by atoms with Crippen molar-refractivity contribution in [2.45, 2.75) is 51.1 Å². The predicted molar refractivity (Wildman–Crippen MR) is 144 cm³/mol. The number of sulfonamides is 1. The number of rotatable bonds is 9. The molecule has 0 spiro atoms. The molecule has 4 rings (SSSR count). The Morgan fingerprint density at radius 3 is 2.50 bits per heavy atom. The lowest BCUT2D eigenvalue weighted by atomic mass is 10.0. The Morgan fingerprint density at radius 2 is 1.84 bits per heavy atom. The molecule has 3 fully saturated rings. The maximum atomic E-state index is 13.1. The number of carbonyl (C=O) groups is 3. The first-order valence-corrected chi connectivity index (χ1v) is 14.7. The smallest absolute Gasteiger partial charge is 0.249 e. The largest absolute Gasteiger partial charge is 0.495 e. The van der Waals surface area contributed by atoms with Crippen LogP contribution in [0, 0.1) is 6.92 Å². The lowest BCUT2D eigenvalue weighted by Crippen LogP contribution is -2.51. The molecule has 3 amide bonds. The number of anilines is 2. The molecule has 12 nitrogen and oxygen atoms in total. The van der Waals surface area contributed by atoms with Crippen molar-refractivity contribution in [1.29, 1.82) is 0 Å². The van der Waals surface area contributed by atoms with E-state index < -0.39 is 16.1 Å². The molecule has 3 saturated heterocycles. The van der Waals surface area contributed by atoms with Crippen LogP contribution in [0.2, 0.25) is 0 Å². The van der Waals surface area contributed by atoms with Crippen LogP contribution in [-0.4, -0.2) is 99.6 Å². The van der Waals surface area contributed by atoms with E-state index in [1.54, 1.807) is 11.0 Å². The van der Waals surface area contributed by atoms with E-state index in [0.29, 0.717) is 69.8 Å². The third-order valence-electron chi connectivity index (χ3n) is 7.45. The SMILES string of the molecule is COc1cc(N2CCN(CCCS(=O)(=O)N3CCC(N)CC3)CC2=O)c(C)cc1NC1CCC(=O)NC1=O. The first-order valence-electron chi connectivity index (χ1n) is 13.1. The normalized spacial score (nSPS) is 22.4. The Labute approximate surface area is 223 Å². The maximum Gasteiger partial charge on any atom is 0.249 e. The minimum atomic E-state index is -3.32. The minimum Gasteiger partial charge on any atom is -0.495 e. The highest BCUT2D eigenvalue weighted by atomic mass is 32.2. The zero-order chi connectivity index (χ0) is 27.4. The molecular weight excluding hydrogens is 512 g/mol. The van der Waals surface area contributed by atoms with Crippen molar-refractivity contribution in [2.75, 3.05) is 62.3 Å². The number of nitrogens with two attached hydrogens (primary N) is 1. The van der Waals surface area contributed by atoms with Gasteiger partial charge in [0.2, 0.25) is 27.7 Å². The third kappa shape index (κ3) is 6.63. The summed E-state index contributed by atoms with van der Waals surface area (Å²) in [6.07, 6.45) is 2.50. The summed E-state index contributed by atoms with van der Waals surface area (Å²) in [4.78, 5) is 40.4. The van der Waals surface area contributed by atoms with E-state index in [4.69, 9.17) is 10.5 Å². The van der Waals surface area contributed by atoms with Crippen LogP contribution >= 0.6 is 0 Å². The molecule has 0 aliphatic carbocycles. The monoisotopic (exact) mass is 550 g/mol. The second kappa shape index (κ2) is 12.0. The number of imide groups is 1. The molecule has 3 heterocycles. The standard InChI is InChI=1S/C25H38N6O6S/c1-17-14-20(27-19-4-5-23(32)28-25(19)34)22(37-2)15-21(17)31-12-11-29(16-24(31)33)8-3-13-38(35,36)30-9-6-18(26)7-10-30/h14-15,18-19,27H,3-13,16,26H2,1-2H3,(H,28,32,34). The van der Waals surface area contributed by atoms with Gasteiger partial charge in [-0.05, 0) is 50.8 Å². The van der Waals surface area contributed by atoms with E-state index >= 15 is 0 Å². The van der Waals surface area contributed by atoms with Crippen LogP contribution in [0.5, 0.6) is 5.75 Å². The zero-order valence-electron chi connectivity index (χ0n) is 22.1. The molecule has 0 saturated carbocycles. The number of hydrogen-bond acceptors (Lipinski definition) is 9.